The number of hydrogen-bond acceptors (Lipinski definition) is 2. The zero-order valence-electron chi connectivity index (χ0n) is 9.59. The third kappa shape index (κ3) is 5.02. The Morgan fingerprint density at radius 2 is 1.93 bits per heavy atom. The van der Waals surface area contributed by atoms with Crippen LogP contribution in [0.25, 0.3) is 0 Å². The molecule has 1 unspecified atom stereocenters. The van der Waals surface area contributed by atoms with Crippen molar-refractivity contribution in [3.8, 4) is 0 Å². The fourth-order valence-electron chi connectivity index (χ4n) is 1.93. The summed E-state index contributed by atoms with van der Waals surface area (Å²) in [5.41, 5.74) is 5.44. The molecule has 15 heavy (non-hydrogen) atoms. The van der Waals surface area contributed by atoms with Gasteiger partial charge in [0.05, 0.1) is 0 Å². The van der Waals surface area contributed by atoms with Crippen LogP contribution >= 0.6 is 0 Å². The van der Waals surface area contributed by atoms with Gasteiger partial charge in [-0.05, 0) is 19.8 Å². The number of amides is 2. The second-order valence-electron chi connectivity index (χ2n) is 4.44. The summed E-state index contributed by atoms with van der Waals surface area (Å²) in [6.45, 7) is 2.39. The lowest BCUT2D eigenvalue weighted by Crippen LogP contribution is -2.47. The average Bonchev–Trinajstić information content (AvgIpc) is 2.46. The Labute approximate surface area is 92.0 Å². The van der Waals surface area contributed by atoms with Gasteiger partial charge in [-0.25, -0.2) is 4.79 Å². The van der Waals surface area contributed by atoms with Crippen LogP contribution in [0.3, 0.4) is 0 Å². The Kier molecular flexibility index (Phi) is 5.47. The van der Waals surface area contributed by atoms with Gasteiger partial charge in [-0.3, -0.25) is 0 Å². The topological polar surface area (TPSA) is 67.1 Å². The van der Waals surface area contributed by atoms with E-state index in [9.17, 15) is 4.79 Å². The number of nitrogens with one attached hydrogen (secondary N) is 2. The molecule has 0 aromatic rings. The summed E-state index contributed by atoms with van der Waals surface area (Å²) < 4.78 is 0. The molecule has 0 heterocycles. The van der Waals surface area contributed by atoms with Gasteiger partial charge in [-0.2, -0.15) is 0 Å². The molecule has 1 atom stereocenters. The Bertz CT molecular complexity index is 188. The molecule has 0 bridgehead atoms. The van der Waals surface area contributed by atoms with Gasteiger partial charge in [0.2, 0.25) is 0 Å². The van der Waals surface area contributed by atoms with Crippen molar-refractivity contribution >= 4 is 6.03 Å². The van der Waals surface area contributed by atoms with Gasteiger partial charge < -0.3 is 16.4 Å². The smallest absolute Gasteiger partial charge is 0.315 e. The number of rotatable bonds is 3. The number of nitrogens with two attached hydrogens (primary N) is 1. The van der Waals surface area contributed by atoms with Crippen molar-refractivity contribution in [1.29, 1.82) is 0 Å². The van der Waals surface area contributed by atoms with E-state index >= 15 is 0 Å². The first-order valence-electron chi connectivity index (χ1n) is 5.99. The molecule has 1 aliphatic rings. The highest BCUT2D eigenvalue weighted by molar-refractivity contribution is 5.74. The van der Waals surface area contributed by atoms with Crippen LogP contribution in [0.1, 0.15) is 45.4 Å². The van der Waals surface area contributed by atoms with Gasteiger partial charge in [0.15, 0.2) is 0 Å². The molecule has 1 aliphatic carbocycles. The molecule has 0 aromatic heterocycles. The lowest BCUT2D eigenvalue weighted by atomic mass is 10.1. The molecule has 1 fully saturated rings. The molecule has 4 heteroatoms. The molecule has 0 radical (unpaired) electrons. The van der Waals surface area contributed by atoms with Gasteiger partial charge in [0, 0.05) is 18.6 Å². The summed E-state index contributed by atoms with van der Waals surface area (Å²) in [5.74, 6) is 0. The molecule has 0 aliphatic heterocycles. The minimum Gasteiger partial charge on any atom is -0.335 e. The van der Waals surface area contributed by atoms with E-state index in [-0.39, 0.29) is 12.1 Å². The SMILES string of the molecule is CC(CN)NC(=O)NC1CCCCCC1. The van der Waals surface area contributed by atoms with Crippen LogP contribution < -0.4 is 16.4 Å². The largest absolute Gasteiger partial charge is 0.335 e. The maximum Gasteiger partial charge on any atom is 0.315 e. The predicted molar refractivity (Wildman–Crippen MR) is 61.7 cm³/mol. The van der Waals surface area contributed by atoms with E-state index in [4.69, 9.17) is 5.73 Å². The molecule has 4 nitrogen and oxygen atoms in total. The standard InChI is InChI=1S/C11H23N3O/c1-9(8-12)13-11(15)14-10-6-4-2-3-5-7-10/h9-10H,2-8,12H2,1H3,(H2,13,14,15). The number of carbonyl (C=O) groups is 1. The van der Waals surface area contributed by atoms with Crippen LogP contribution in [0.5, 0.6) is 0 Å². The third-order valence-corrected chi connectivity index (χ3v) is 2.92. The lowest BCUT2D eigenvalue weighted by molar-refractivity contribution is 0.232. The first-order chi connectivity index (χ1) is 7.22. The summed E-state index contributed by atoms with van der Waals surface area (Å²) in [7, 11) is 0. The molecular formula is C11H23N3O. The van der Waals surface area contributed by atoms with Gasteiger partial charge in [-0.1, -0.05) is 25.7 Å². The maximum absolute atomic E-state index is 11.5. The quantitative estimate of drug-likeness (QED) is 0.620. The van der Waals surface area contributed by atoms with Crippen molar-refractivity contribution in [2.75, 3.05) is 6.54 Å². The maximum atomic E-state index is 11.5. The normalized spacial score (nSPS) is 20.4. The minimum atomic E-state index is -0.0696. The highest BCUT2D eigenvalue weighted by Gasteiger charge is 2.15. The predicted octanol–water partition coefficient (Wildman–Crippen LogP) is 1.36. The first kappa shape index (κ1) is 12.3. The van der Waals surface area contributed by atoms with E-state index in [0.29, 0.717) is 12.6 Å². The fourth-order valence-corrected chi connectivity index (χ4v) is 1.93. The summed E-state index contributed by atoms with van der Waals surface area (Å²) >= 11 is 0. The third-order valence-electron chi connectivity index (χ3n) is 2.92. The highest BCUT2D eigenvalue weighted by atomic mass is 16.2. The Morgan fingerprint density at radius 1 is 1.33 bits per heavy atom. The van der Waals surface area contributed by atoms with Crippen LogP contribution in [-0.2, 0) is 0 Å². The first-order valence-corrected chi connectivity index (χ1v) is 5.99. The molecule has 1 rings (SSSR count). The van der Waals surface area contributed by atoms with Crippen molar-refractivity contribution in [3.63, 3.8) is 0 Å². The van der Waals surface area contributed by atoms with Gasteiger partial charge in [-0.15, -0.1) is 0 Å². The van der Waals surface area contributed by atoms with Crippen LogP contribution in [0, 0.1) is 0 Å². The van der Waals surface area contributed by atoms with Crippen LogP contribution in [-0.4, -0.2) is 24.7 Å². The second-order valence-corrected chi connectivity index (χ2v) is 4.44. The summed E-state index contributed by atoms with van der Waals surface area (Å²) in [6.07, 6.45) is 7.31. The number of urea groups is 1. The van der Waals surface area contributed by atoms with Crippen molar-refractivity contribution < 1.29 is 4.79 Å². The van der Waals surface area contributed by atoms with E-state index in [2.05, 4.69) is 10.6 Å². The molecule has 0 spiro atoms. The van der Waals surface area contributed by atoms with Crippen molar-refractivity contribution in [2.24, 2.45) is 5.73 Å². The highest BCUT2D eigenvalue weighted by Crippen LogP contribution is 2.16. The van der Waals surface area contributed by atoms with E-state index < -0.39 is 0 Å². The summed E-state index contributed by atoms with van der Waals surface area (Å²) in [5, 5.41) is 5.84. The molecule has 2 amide bonds. The van der Waals surface area contributed by atoms with E-state index in [1.165, 1.54) is 25.7 Å². The molecule has 4 N–H and O–H groups in total. The lowest BCUT2D eigenvalue weighted by Gasteiger charge is -2.18. The Hall–Kier alpha value is -0.770. The zero-order chi connectivity index (χ0) is 11.1. The van der Waals surface area contributed by atoms with E-state index in [1.54, 1.807) is 0 Å². The Morgan fingerprint density at radius 3 is 2.47 bits per heavy atom. The molecule has 88 valence electrons. The molecule has 1 saturated carbocycles. The van der Waals surface area contributed by atoms with Crippen LogP contribution in [0.4, 0.5) is 4.79 Å². The van der Waals surface area contributed by atoms with Gasteiger partial charge in [0.25, 0.3) is 0 Å². The summed E-state index contributed by atoms with van der Waals surface area (Å²) in [6, 6.07) is 0.341. The molecular weight excluding hydrogens is 190 g/mol. The monoisotopic (exact) mass is 213 g/mol. The fraction of sp³-hybridized carbons (Fsp3) is 0.909. The average molecular weight is 213 g/mol. The zero-order valence-corrected chi connectivity index (χ0v) is 9.59. The van der Waals surface area contributed by atoms with Crippen LogP contribution in [0.15, 0.2) is 0 Å². The minimum absolute atomic E-state index is 0.0516. The van der Waals surface area contributed by atoms with E-state index in [0.717, 1.165) is 12.8 Å². The second kappa shape index (κ2) is 6.67. The van der Waals surface area contributed by atoms with Crippen LogP contribution in [0.2, 0.25) is 0 Å². The number of hydrogen-bond donors (Lipinski definition) is 3. The summed E-state index contributed by atoms with van der Waals surface area (Å²) in [4.78, 5) is 11.5. The van der Waals surface area contributed by atoms with Crippen molar-refractivity contribution in [2.45, 2.75) is 57.5 Å². The molecule has 0 saturated heterocycles. The number of carbonyl (C=O) groups excluding carboxylic acids is 1. The van der Waals surface area contributed by atoms with Crippen molar-refractivity contribution in [1.82, 2.24) is 10.6 Å². The van der Waals surface area contributed by atoms with Crippen molar-refractivity contribution in [3.05, 3.63) is 0 Å². The Balaban J connectivity index is 2.23. The van der Waals surface area contributed by atoms with Gasteiger partial charge in [0.1, 0.15) is 0 Å². The van der Waals surface area contributed by atoms with Gasteiger partial charge >= 0.3 is 6.03 Å². The van der Waals surface area contributed by atoms with E-state index in [1.807, 2.05) is 6.92 Å². The molecule has 0 aromatic carbocycles.